The quantitative estimate of drug-likeness (QED) is 0.817. The number of benzene rings is 1. The maximum absolute atomic E-state index is 12.6. The molecule has 1 aliphatic rings. The lowest BCUT2D eigenvalue weighted by Crippen LogP contribution is -2.51. The van der Waals surface area contributed by atoms with Crippen LogP contribution < -0.4 is 4.74 Å². The topological polar surface area (TPSA) is 77.3 Å². The van der Waals surface area contributed by atoms with Crippen molar-refractivity contribution < 1.29 is 13.2 Å². The van der Waals surface area contributed by atoms with E-state index in [1.807, 2.05) is 0 Å². The van der Waals surface area contributed by atoms with Gasteiger partial charge in [-0.1, -0.05) is 11.6 Å². The summed E-state index contributed by atoms with van der Waals surface area (Å²) in [6.45, 7) is 1.54. The molecule has 0 N–H and O–H groups in total. The summed E-state index contributed by atoms with van der Waals surface area (Å²) in [5.41, 5.74) is 0. The summed E-state index contributed by atoms with van der Waals surface area (Å²) >= 11 is 5.91. The molecule has 0 bridgehead atoms. The van der Waals surface area contributed by atoms with Crippen molar-refractivity contribution in [1.82, 2.24) is 19.1 Å². The van der Waals surface area contributed by atoms with Crippen molar-refractivity contribution in [3.63, 3.8) is 0 Å². The maximum atomic E-state index is 12.6. The van der Waals surface area contributed by atoms with Gasteiger partial charge in [0.2, 0.25) is 10.0 Å². The van der Waals surface area contributed by atoms with Crippen molar-refractivity contribution in [2.45, 2.75) is 11.4 Å². The van der Waals surface area contributed by atoms with Crippen molar-refractivity contribution in [3.05, 3.63) is 35.9 Å². The van der Waals surface area contributed by atoms with E-state index in [2.05, 4.69) is 10.1 Å². The van der Waals surface area contributed by atoms with Gasteiger partial charge in [-0.05, 0) is 18.2 Å². The van der Waals surface area contributed by atoms with E-state index in [1.165, 1.54) is 23.8 Å². The second kappa shape index (κ2) is 5.86. The molecule has 0 saturated carbocycles. The number of methoxy groups -OCH3 is 1. The van der Waals surface area contributed by atoms with E-state index in [0.29, 0.717) is 30.4 Å². The van der Waals surface area contributed by atoms with Crippen LogP contribution in [-0.4, -0.2) is 47.7 Å². The third kappa shape index (κ3) is 2.81. The Hall–Kier alpha value is -1.64. The average molecular weight is 343 g/mol. The first kappa shape index (κ1) is 15.3. The van der Waals surface area contributed by atoms with Gasteiger partial charge >= 0.3 is 0 Å². The molecule has 118 valence electrons. The number of aromatic nitrogens is 3. The molecule has 1 fully saturated rings. The highest BCUT2D eigenvalue weighted by molar-refractivity contribution is 7.89. The molecule has 9 heteroatoms. The number of sulfonamides is 1. The normalized spacial score (nSPS) is 16.5. The van der Waals surface area contributed by atoms with Crippen LogP contribution in [0.15, 0.2) is 35.7 Å². The molecule has 22 heavy (non-hydrogen) atoms. The van der Waals surface area contributed by atoms with Crippen molar-refractivity contribution in [3.8, 4) is 5.75 Å². The fourth-order valence-corrected chi connectivity index (χ4v) is 4.43. The van der Waals surface area contributed by atoms with E-state index in [4.69, 9.17) is 16.3 Å². The predicted molar refractivity (Wildman–Crippen MR) is 80.3 cm³/mol. The van der Waals surface area contributed by atoms with E-state index in [0.717, 1.165) is 0 Å². The molecule has 0 spiro atoms. The lowest BCUT2D eigenvalue weighted by atomic mass is 10.0. The van der Waals surface area contributed by atoms with Gasteiger partial charge in [-0.15, -0.1) is 0 Å². The first-order valence-electron chi connectivity index (χ1n) is 6.67. The van der Waals surface area contributed by atoms with Crippen LogP contribution >= 0.6 is 11.6 Å². The minimum atomic E-state index is -3.60. The van der Waals surface area contributed by atoms with E-state index in [-0.39, 0.29) is 10.8 Å². The molecule has 2 aromatic rings. The number of nitrogens with zero attached hydrogens (tertiary/aromatic N) is 4. The first-order chi connectivity index (χ1) is 10.5. The van der Waals surface area contributed by atoms with Crippen molar-refractivity contribution in [2.75, 3.05) is 20.2 Å². The van der Waals surface area contributed by atoms with Crippen LogP contribution in [0, 0.1) is 5.92 Å². The summed E-state index contributed by atoms with van der Waals surface area (Å²) < 4.78 is 33.5. The van der Waals surface area contributed by atoms with E-state index >= 15 is 0 Å². The molecule has 0 amide bonds. The Morgan fingerprint density at radius 2 is 2.18 bits per heavy atom. The zero-order valence-electron chi connectivity index (χ0n) is 11.9. The Bertz CT molecular complexity index is 758. The Kier molecular flexibility index (Phi) is 4.07. The third-order valence-corrected chi connectivity index (χ3v) is 5.67. The second-order valence-corrected chi connectivity index (χ2v) is 7.44. The highest BCUT2D eigenvalue weighted by atomic mass is 35.5. The summed E-state index contributed by atoms with van der Waals surface area (Å²) in [4.78, 5) is 3.97. The zero-order valence-corrected chi connectivity index (χ0v) is 13.5. The van der Waals surface area contributed by atoms with E-state index in [1.54, 1.807) is 23.1 Å². The second-order valence-electron chi connectivity index (χ2n) is 5.10. The van der Waals surface area contributed by atoms with Crippen molar-refractivity contribution in [2.24, 2.45) is 5.92 Å². The van der Waals surface area contributed by atoms with Gasteiger partial charge in [0.25, 0.3) is 0 Å². The summed E-state index contributed by atoms with van der Waals surface area (Å²) in [5, 5.41) is 4.38. The molecule has 2 heterocycles. The van der Waals surface area contributed by atoms with Crippen LogP contribution in [0.5, 0.6) is 5.75 Å². The zero-order chi connectivity index (χ0) is 15.7. The molecule has 0 atom stereocenters. The number of ether oxygens (including phenoxy) is 1. The van der Waals surface area contributed by atoms with Crippen molar-refractivity contribution in [1.29, 1.82) is 0 Å². The van der Waals surface area contributed by atoms with Crippen LogP contribution in [0.3, 0.4) is 0 Å². The van der Waals surface area contributed by atoms with Crippen LogP contribution in [0.4, 0.5) is 0 Å². The van der Waals surface area contributed by atoms with E-state index in [9.17, 15) is 8.42 Å². The lowest BCUT2D eigenvalue weighted by molar-refractivity contribution is 0.174. The number of hydrogen-bond donors (Lipinski definition) is 0. The summed E-state index contributed by atoms with van der Waals surface area (Å²) in [6, 6.07) is 4.57. The van der Waals surface area contributed by atoms with Gasteiger partial charge in [0.15, 0.2) is 0 Å². The molecule has 1 aromatic heterocycles. The fourth-order valence-electron chi connectivity index (χ4n) is 2.42. The summed E-state index contributed by atoms with van der Waals surface area (Å²) in [5.74, 6) is 0.519. The molecule has 1 saturated heterocycles. The average Bonchev–Trinajstić information content (AvgIpc) is 2.95. The van der Waals surface area contributed by atoms with Gasteiger partial charge < -0.3 is 4.74 Å². The minimum absolute atomic E-state index is 0.0988. The number of hydrogen-bond acceptors (Lipinski definition) is 5. The maximum Gasteiger partial charge on any atom is 0.246 e. The summed E-state index contributed by atoms with van der Waals surface area (Å²) in [6.07, 6.45) is 3.08. The molecule has 0 unspecified atom stereocenters. The van der Waals surface area contributed by atoms with Gasteiger partial charge in [-0.3, -0.25) is 4.68 Å². The lowest BCUT2D eigenvalue weighted by Gasteiger charge is -2.38. The largest absolute Gasteiger partial charge is 0.495 e. The Balaban J connectivity index is 1.74. The van der Waals surface area contributed by atoms with Gasteiger partial charge in [0, 0.05) is 30.6 Å². The highest BCUT2D eigenvalue weighted by Crippen LogP contribution is 2.33. The number of halogens is 1. The molecule has 3 rings (SSSR count). The van der Waals surface area contributed by atoms with E-state index < -0.39 is 10.0 Å². The fraction of sp³-hybridized carbons (Fsp3) is 0.385. The molecular weight excluding hydrogens is 328 g/mol. The molecule has 1 aliphatic heterocycles. The smallest absolute Gasteiger partial charge is 0.246 e. The summed E-state index contributed by atoms with van der Waals surface area (Å²) in [7, 11) is -2.16. The first-order valence-corrected chi connectivity index (χ1v) is 8.48. The van der Waals surface area contributed by atoms with Crippen LogP contribution in [0.1, 0.15) is 0 Å². The Morgan fingerprint density at radius 3 is 2.82 bits per heavy atom. The highest BCUT2D eigenvalue weighted by Gasteiger charge is 2.38. The molecule has 1 aromatic carbocycles. The number of rotatable bonds is 5. The predicted octanol–water partition coefficient (Wildman–Crippen LogP) is 1.26. The molecular formula is C13H15ClN4O3S. The molecule has 0 radical (unpaired) electrons. The van der Waals surface area contributed by atoms with Crippen LogP contribution in [0.2, 0.25) is 5.02 Å². The SMILES string of the molecule is COc1ccc(Cl)cc1S(=O)(=O)N1CC(Cn2cncn2)C1. The minimum Gasteiger partial charge on any atom is -0.495 e. The molecule has 7 nitrogen and oxygen atoms in total. The van der Waals surface area contributed by atoms with Crippen LogP contribution in [-0.2, 0) is 16.6 Å². The van der Waals surface area contributed by atoms with Gasteiger partial charge in [-0.2, -0.15) is 9.40 Å². The van der Waals surface area contributed by atoms with Gasteiger partial charge in [0.05, 0.1) is 7.11 Å². The third-order valence-electron chi connectivity index (χ3n) is 3.58. The monoisotopic (exact) mass is 342 g/mol. The van der Waals surface area contributed by atoms with Gasteiger partial charge in [-0.25, -0.2) is 13.4 Å². The van der Waals surface area contributed by atoms with Crippen LogP contribution in [0.25, 0.3) is 0 Å². The Labute approximate surface area is 133 Å². The standard InChI is InChI=1S/C13H15ClN4O3S/c1-21-12-3-2-11(14)4-13(12)22(19,20)18-6-10(7-18)5-17-9-15-8-16-17/h2-4,8-10H,5-7H2,1H3. The van der Waals surface area contributed by atoms with Crippen molar-refractivity contribution >= 4 is 21.6 Å². The molecule has 0 aliphatic carbocycles. The Morgan fingerprint density at radius 1 is 1.41 bits per heavy atom. The van der Waals surface area contributed by atoms with Gasteiger partial charge in [0.1, 0.15) is 23.3 Å².